The van der Waals surface area contributed by atoms with E-state index in [1.807, 2.05) is 10.8 Å². The van der Waals surface area contributed by atoms with Crippen molar-refractivity contribution in [3.8, 4) is 5.75 Å². The smallest absolute Gasteiger partial charge is 0.417 e. The molecule has 1 aromatic heterocycles. The second-order valence-electron chi connectivity index (χ2n) is 12.8. The van der Waals surface area contributed by atoms with Crippen LogP contribution in [0.3, 0.4) is 0 Å². The number of fused-ring (bicyclic) bond motifs is 2. The number of benzene rings is 1. The second kappa shape index (κ2) is 13.6. The van der Waals surface area contributed by atoms with E-state index >= 15 is 0 Å². The highest BCUT2D eigenvalue weighted by atomic mass is 19.4. The Morgan fingerprint density at radius 3 is 2.46 bits per heavy atom. The Kier molecular flexibility index (Phi) is 10.2. The van der Waals surface area contributed by atoms with Gasteiger partial charge in [-0.25, -0.2) is 14.7 Å². The number of hydrogen-bond acceptors (Lipinski definition) is 7. The van der Waals surface area contributed by atoms with Gasteiger partial charge in [0.25, 0.3) is 0 Å². The van der Waals surface area contributed by atoms with E-state index < -0.39 is 67.0 Å². The molecule has 0 saturated carbocycles. The molecule has 0 saturated heterocycles. The van der Waals surface area contributed by atoms with Crippen LogP contribution >= 0.6 is 0 Å². The zero-order chi connectivity index (χ0) is 34.0. The first-order valence-corrected chi connectivity index (χ1v) is 15.0. The fourth-order valence-corrected chi connectivity index (χ4v) is 5.61. The molecule has 0 spiro atoms. The summed E-state index contributed by atoms with van der Waals surface area (Å²) >= 11 is 0. The van der Waals surface area contributed by atoms with Crippen molar-refractivity contribution in [3.63, 3.8) is 0 Å². The molecule has 1 N–H and O–H groups in total. The second-order valence-corrected chi connectivity index (χ2v) is 12.8. The fourth-order valence-electron chi connectivity index (χ4n) is 5.61. The van der Waals surface area contributed by atoms with Crippen molar-refractivity contribution < 1.29 is 46.9 Å². The SMILES string of the molecule is CN(C)C(=O)CC1c2cc(OCCc3cn4c(n3)N(C(=O)OC(C)(C)C)CCC4)ccc2C[C@@H](CC(=O)O)C(=O)N1CC(F)(F)F. The number of aryl methyl sites for hydroxylation is 1. The van der Waals surface area contributed by atoms with Crippen molar-refractivity contribution in [2.24, 2.45) is 5.92 Å². The number of amides is 3. The lowest BCUT2D eigenvalue weighted by molar-refractivity contribution is -0.170. The maximum atomic E-state index is 13.7. The minimum absolute atomic E-state index is 0.101. The number of nitrogens with zero attached hydrogens (tertiary/aromatic N) is 5. The molecule has 4 rings (SSSR count). The van der Waals surface area contributed by atoms with Crippen LogP contribution in [0.5, 0.6) is 5.75 Å². The lowest BCUT2D eigenvalue weighted by atomic mass is 9.92. The number of carbonyl (C=O) groups excluding carboxylic acids is 3. The van der Waals surface area contributed by atoms with Crippen LogP contribution in [0, 0.1) is 5.92 Å². The highest BCUT2D eigenvalue weighted by molar-refractivity contribution is 5.87. The number of aromatic nitrogens is 2. The molecule has 1 unspecified atom stereocenters. The summed E-state index contributed by atoms with van der Waals surface area (Å²) in [5, 5.41) is 9.40. The Balaban J connectivity index is 1.58. The zero-order valence-corrected chi connectivity index (χ0v) is 26.6. The number of halogens is 3. The molecule has 0 aliphatic carbocycles. The van der Waals surface area contributed by atoms with Gasteiger partial charge in [-0.1, -0.05) is 6.07 Å². The van der Waals surface area contributed by atoms with Crippen LogP contribution in [-0.4, -0.2) is 93.9 Å². The van der Waals surface area contributed by atoms with Gasteiger partial charge in [0.05, 0.1) is 37.1 Å². The minimum atomic E-state index is -4.79. The van der Waals surface area contributed by atoms with E-state index in [9.17, 15) is 37.5 Å². The maximum Gasteiger partial charge on any atom is 0.417 e. The van der Waals surface area contributed by atoms with Gasteiger partial charge in [-0.2, -0.15) is 13.2 Å². The van der Waals surface area contributed by atoms with Gasteiger partial charge in [-0.05, 0) is 56.9 Å². The molecular formula is C31H40F3N5O7. The van der Waals surface area contributed by atoms with E-state index in [0.717, 1.165) is 6.42 Å². The molecule has 0 radical (unpaired) electrons. The molecular weight excluding hydrogens is 611 g/mol. The average molecular weight is 652 g/mol. The predicted octanol–water partition coefficient (Wildman–Crippen LogP) is 4.21. The van der Waals surface area contributed by atoms with Gasteiger partial charge in [-0.15, -0.1) is 0 Å². The van der Waals surface area contributed by atoms with Crippen molar-refractivity contribution >= 4 is 29.8 Å². The van der Waals surface area contributed by atoms with Gasteiger partial charge in [0, 0.05) is 39.8 Å². The number of anilines is 1. The van der Waals surface area contributed by atoms with Crippen LogP contribution in [0.15, 0.2) is 24.4 Å². The van der Waals surface area contributed by atoms with E-state index in [0.29, 0.717) is 52.9 Å². The standard InChI is InChI=1S/C31H40F3N5O7/c1-30(2,3)46-29(44)38-11-6-10-37-17-21(35-28(37)38)9-12-45-22-8-7-19-13-20(14-26(41)42)27(43)39(18-31(32,33)34)24(23(19)15-22)16-25(40)36(4)5/h7-8,15,17,20,24H,6,9-14,16,18H2,1-5H3,(H,41,42)/t20-,24?/m0/s1. The monoisotopic (exact) mass is 651 g/mol. The summed E-state index contributed by atoms with van der Waals surface area (Å²) in [6, 6.07) is 3.43. The molecule has 2 aliphatic rings. The first-order valence-electron chi connectivity index (χ1n) is 15.0. The number of carboxylic acids is 1. The maximum absolute atomic E-state index is 13.7. The summed E-state index contributed by atoms with van der Waals surface area (Å²) in [7, 11) is 2.92. The molecule has 2 aromatic rings. The Labute approximate surface area is 265 Å². The zero-order valence-electron chi connectivity index (χ0n) is 26.6. The molecule has 2 atom stereocenters. The topological polar surface area (TPSA) is 135 Å². The molecule has 3 amide bonds. The van der Waals surface area contributed by atoms with Gasteiger partial charge >= 0.3 is 18.2 Å². The van der Waals surface area contributed by atoms with Crippen molar-refractivity contribution in [1.29, 1.82) is 0 Å². The molecule has 15 heteroatoms. The minimum Gasteiger partial charge on any atom is -0.493 e. The molecule has 46 heavy (non-hydrogen) atoms. The Morgan fingerprint density at radius 2 is 1.83 bits per heavy atom. The van der Waals surface area contributed by atoms with Crippen LogP contribution in [0.4, 0.5) is 23.9 Å². The number of hydrogen-bond donors (Lipinski definition) is 1. The third-order valence-corrected chi connectivity index (χ3v) is 7.66. The highest BCUT2D eigenvalue weighted by Gasteiger charge is 2.43. The molecule has 252 valence electrons. The third-order valence-electron chi connectivity index (χ3n) is 7.66. The van der Waals surface area contributed by atoms with E-state index in [-0.39, 0.29) is 13.0 Å². The van der Waals surface area contributed by atoms with Gasteiger partial charge in [0.1, 0.15) is 17.9 Å². The number of imidazole rings is 1. The number of alkyl halides is 3. The number of rotatable bonds is 9. The summed E-state index contributed by atoms with van der Waals surface area (Å²) < 4.78 is 54.6. The van der Waals surface area contributed by atoms with Gasteiger partial charge in [0.15, 0.2) is 0 Å². The largest absolute Gasteiger partial charge is 0.493 e. The molecule has 12 nitrogen and oxygen atoms in total. The number of carbonyl (C=O) groups is 4. The molecule has 0 bridgehead atoms. The average Bonchev–Trinajstić information content (AvgIpc) is 3.32. The van der Waals surface area contributed by atoms with E-state index in [2.05, 4.69) is 4.98 Å². The Morgan fingerprint density at radius 1 is 1.11 bits per heavy atom. The first-order chi connectivity index (χ1) is 21.4. The quantitative estimate of drug-likeness (QED) is 0.427. The lowest BCUT2D eigenvalue weighted by Crippen LogP contribution is -2.45. The van der Waals surface area contributed by atoms with E-state index in [1.165, 1.54) is 30.0 Å². The Hall–Kier alpha value is -4.30. The first kappa shape index (κ1) is 34.6. The van der Waals surface area contributed by atoms with Gasteiger partial charge < -0.3 is 28.9 Å². The normalized spacial score (nSPS) is 18.4. The predicted molar refractivity (Wildman–Crippen MR) is 159 cm³/mol. The van der Waals surface area contributed by atoms with Crippen LogP contribution < -0.4 is 9.64 Å². The van der Waals surface area contributed by atoms with Crippen LogP contribution in [0.2, 0.25) is 0 Å². The molecule has 0 fully saturated rings. The van der Waals surface area contributed by atoms with Crippen molar-refractivity contribution in [3.05, 3.63) is 41.2 Å². The van der Waals surface area contributed by atoms with Crippen LogP contribution in [-0.2, 0) is 38.5 Å². The number of carboxylic acid groups (broad SMARTS) is 1. The fraction of sp³-hybridized carbons (Fsp3) is 0.581. The molecule has 2 aliphatic heterocycles. The van der Waals surface area contributed by atoms with Crippen molar-refractivity contribution in [2.45, 2.75) is 77.2 Å². The van der Waals surface area contributed by atoms with E-state index in [1.54, 1.807) is 32.9 Å². The number of ether oxygens (including phenoxy) is 2. The van der Waals surface area contributed by atoms with Crippen LogP contribution in [0.25, 0.3) is 0 Å². The summed E-state index contributed by atoms with van der Waals surface area (Å²) in [6.45, 7) is 5.00. The van der Waals surface area contributed by atoms with Gasteiger partial charge in [0.2, 0.25) is 17.8 Å². The highest BCUT2D eigenvalue weighted by Crippen LogP contribution is 2.39. The van der Waals surface area contributed by atoms with Crippen molar-refractivity contribution in [2.75, 3.05) is 38.7 Å². The van der Waals surface area contributed by atoms with Gasteiger partial charge in [-0.3, -0.25) is 14.4 Å². The summed E-state index contributed by atoms with van der Waals surface area (Å²) in [5.74, 6) is -3.25. The summed E-state index contributed by atoms with van der Waals surface area (Å²) in [6.07, 6.45) is -3.55. The number of aliphatic carboxylic acids is 1. The molecule has 1 aromatic carbocycles. The van der Waals surface area contributed by atoms with Crippen LogP contribution in [0.1, 0.15) is 62.9 Å². The third kappa shape index (κ3) is 8.69. The Bertz CT molecular complexity index is 1470. The summed E-state index contributed by atoms with van der Waals surface area (Å²) in [5.41, 5.74) is 0.762. The van der Waals surface area contributed by atoms with Crippen molar-refractivity contribution in [1.82, 2.24) is 19.4 Å². The molecule has 3 heterocycles. The lowest BCUT2D eigenvalue weighted by Gasteiger charge is -2.33. The van der Waals surface area contributed by atoms with E-state index in [4.69, 9.17) is 9.47 Å². The summed E-state index contributed by atoms with van der Waals surface area (Å²) in [4.78, 5) is 58.3.